The number of primary amides is 1. The predicted molar refractivity (Wildman–Crippen MR) is 135 cm³/mol. The molecule has 0 spiro atoms. The van der Waals surface area contributed by atoms with Gasteiger partial charge < -0.3 is 26.0 Å². The first-order valence-corrected chi connectivity index (χ1v) is 12.5. The molecular weight excluding hydrogens is 478 g/mol. The lowest BCUT2D eigenvalue weighted by Crippen LogP contribution is -2.68. The van der Waals surface area contributed by atoms with Gasteiger partial charge in [-0.1, -0.05) is 49.0 Å². The number of carbonyl (C=O) groups is 2. The number of ether oxygens (including phenoxy) is 1. The van der Waals surface area contributed by atoms with Crippen LogP contribution in [0.15, 0.2) is 35.4 Å². The molecule has 4 rings (SSSR count). The van der Waals surface area contributed by atoms with Crippen molar-refractivity contribution in [3.63, 3.8) is 0 Å². The number of pyridine rings is 1. The highest BCUT2D eigenvalue weighted by atomic mass is 32.2. The van der Waals surface area contributed by atoms with E-state index >= 15 is 0 Å². The van der Waals surface area contributed by atoms with Gasteiger partial charge in [0.05, 0.1) is 25.3 Å². The summed E-state index contributed by atoms with van der Waals surface area (Å²) >= 11 is 1.11. The summed E-state index contributed by atoms with van der Waals surface area (Å²) < 4.78 is 5.12. The molecule has 2 saturated heterocycles. The van der Waals surface area contributed by atoms with Crippen LogP contribution in [0.2, 0.25) is 0 Å². The Bertz CT molecular complexity index is 1240. The number of benzene rings is 1. The normalized spacial score (nSPS) is 17.4. The summed E-state index contributed by atoms with van der Waals surface area (Å²) in [5.41, 5.74) is 12.8. The fourth-order valence-electron chi connectivity index (χ4n) is 4.38. The minimum absolute atomic E-state index is 0.135. The van der Waals surface area contributed by atoms with Gasteiger partial charge in [0.2, 0.25) is 17.5 Å². The molecule has 2 aliphatic rings. The number of rotatable bonds is 7. The Morgan fingerprint density at radius 2 is 1.94 bits per heavy atom. The van der Waals surface area contributed by atoms with Crippen LogP contribution >= 0.6 is 11.8 Å². The molecule has 0 aliphatic carbocycles. The Morgan fingerprint density at radius 3 is 2.44 bits per heavy atom. The average molecular weight is 506 g/mol. The number of hydrogen-bond donors (Lipinski definition) is 2. The zero-order valence-electron chi connectivity index (χ0n) is 19.9. The first-order valence-electron chi connectivity index (χ1n) is 11.6. The summed E-state index contributed by atoms with van der Waals surface area (Å²) in [5, 5.41) is 9.58. The third-order valence-electron chi connectivity index (χ3n) is 6.40. The lowest BCUT2D eigenvalue weighted by Gasteiger charge is -2.43. The van der Waals surface area contributed by atoms with Crippen molar-refractivity contribution in [2.45, 2.75) is 29.2 Å². The van der Waals surface area contributed by atoms with Gasteiger partial charge >= 0.3 is 0 Å². The van der Waals surface area contributed by atoms with E-state index in [1.807, 2.05) is 30.0 Å². The summed E-state index contributed by atoms with van der Waals surface area (Å²) in [6.45, 7) is 11.9. The second-order valence-corrected chi connectivity index (χ2v) is 9.85. The fraction of sp³-hybridized carbons (Fsp3) is 0.400. The molecule has 2 fully saturated rings. The molecular formula is C25H27N7O3S. The third kappa shape index (κ3) is 4.73. The van der Waals surface area contributed by atoms with Crippen LogP contribution in [0.25, 0.3) is 4.85 Å². The van der Waals surface area contributed by atoms with Gasteiger partial charge in [0.25, 0.3) is 0 Å². The highest BCUT2D eigenvalue weighted by Gasteiger charge is 2.45. The van der Waals surface area contributed by atoms with Crippen LogP contribution in [0.5, 0.6) is 0 Å². The minimum atomic E-state index is -0.961. The van der Waals surface area contributed by atoms with Crippen LogP contribution in [0.4, 0.5) is 11.5 Å². The van der Waals surface area contributed by atoms with Crippen molar-refractivity contribution in [3.8, 4) is 6.07 Å². The van der Waals surface area contributed by atoms with Crippen LogP contribution < -0.4 is 16.4 Å². The molecule has 36 heavy (non-hydrogen) atoms. The molecule has 0 radical (unpaired) electrons. The second kappa shape index (κ2) is 10.5. The van der Waals surface area contributed by atoms with Crippen LogP contribution in [-0.2, 0) is 20.7 Å². The standard InChI is InChI=1S/C25H27N7O3S/c1-3-17-18(13-26)23(36-20(21(27)33)16-7-5-4-6-8-16)30-22(19(17)29-2)31-9-11-32(12-10-31)24(34)25(28)14-35-15-25/h4-8,20H,3,9-12,14-15,28H2,1H3,(H2,27,33). The van der Waals surface area contributed by atoms with Crippen molar-refractivity contribution in [1.82, 2.24) is 9.88 Å². The van der Waals surface area contributed by atoms with Crippen molar-refractivity contribution in [2.24, 2.45) is 11.5 Å². The number of nitrogens with zero attached hydrogens (tertiary/aromatic N) is 5. The van der Waals surface area contributed by atoms with Crippen LogP contribution in [0.3, 0.4) is 0 Å². The second-order valence-electron chi connectivity index (χ2n) is 8.76. The molecule has 11 heteroatoms. The van der Waals surface area contributed by atoms with Gasteiger partial charge in [-0.15, -0.1) is 0 Å². The van der Waals surface area contributed by atoms with Crippen molar-refractivity contribution in [3.05, 3.63) is 58.4 Å². The van der Waals surface area contributed by atoms with E-state index in [2.05, 4.69) is 10.9 Å². The number of piperazine rings is 1. The van der Waals surface area contributed by atoms with Gasteiger partial charge in [0.15, 0.2) is 0 Å². The van der Waals surface area contributed by atoms with Crippen molar-refractivity contribution < 1.29 is 14.3 Å². The van der Waals surface area contributed by atoms with Crippen molar-refractivity contribution >= 4 is 35.1 Å². The molecule has 1 aromatic heterocycles. The molecule has 4 N–H and O–H groups in total. The van der Waals surface area contributed by atoms with E-state index in [9.17, 15) is 14.9 Å². The lowest BCUT2D eigenvalue weighted by atomic mass is 9.96. The van der Waals surface area contributed by atoms with E-state index < -0.39 is 16.7 Å². The van der Waals surface area contributed by atoms with Gasteiger partial charge in [0, 0.05) is 26.2 Å². The Kier molecular flexibility index (Phi) is 7.45. The Morgan fingerprint density at radius 1 is 1.28 bits per heavy atom. The van der Waals surface area contributed by atoms with E-state index in [1.54, 1.807) is 17.0 Å². The average Bonchev–Trinajstić information content (AvgIpc) is 2.89. The predicted octanol–water partition coefficient (Wildman–Crippen LogP) is 1.76. The molecule has 0 saturated carbocycles. The number of nitriles is 1. The van der Waals surface area contributed by atoms with Gasteiger partial charge in [-0.3, -0.25) is 9.59 Å². The van der Waals surface area contributed by atoms with E-state index in [0.717, 1.165) is 11.8 Å². The third-order valence-corrected chi connectivity index (χ3v) is 7.66. The first-order chi connectivity index (χ1) is 17.3. The lowest BCUT2D eigenvalue weighted by molar-refractivity contribution is -0.154. The highest BCUT2D eigenvalue weighted by molar-refractivity contribution is 8.00. The number of hydrogen-bond acceptors (Lipinski definition) is 8. The molecule has 3 heterocycles. The number of amides is 2. The van der Waals surface area contributed by atoms with Crippen LogP contribution in [0, 0.1) is 17.9 Å². The molecule has 10 nitrogen and oxygen atoms in total. The maximum absolute atomic E-state index is 12.8. The first kappa shape index (κ1) is 25.5. The monoisotopic (exact) mass is 505 g/mol. The SMILES string of the molecule is [C-]#[N+]c1c(N2CCN(C(=O)C3(N)COC3)CC2)nc(SC(C(N)=O)c2ccccc2)c(C#N)c1CC. The van der Waals surface area contributed by atoms with Gasteiger partial charge in [-0.05, 0) is 17.5 Å². The molecule has 1 unspecified atom stereocenters. The Labute approximate surface area is 214 Å². The zero-order chi connectivity index (χ0) is 25.9. The summed E-state index contributed by atoms with van der Waals surface area (Å²) in [6.07, 6.45) is 0.449. The topological polar surface area (TPSA) is 143 Å². The summed E-state index contributed by atoms with van der Waals surface area (Å²) in [5.74, 6) is -0.237. The van der Waals surface area contributed by atoms with E-state index in [-0.39, 0.29) is 24.7 Å². The number of anilines is 1. The Hall–Kier alpha value is -3.64. The summed E-state index contributed by atoms with van der Waals surface area (Å²) in [6, 6.07) is 11.3. The quantitative estimate of drug-likeness (QED) is 0.428. The smallest absolute Gasteiger partial charge is 0.247 e. The number of aromatic nitrogens is 1. The molecule has 1 aromatic carbocycles. The molecule has 0 bridgehead atoms. The molecule has 2 aromatic rings. The maximum Gasteiger partial charge on any atom is 0.247 e. The number of carbonyl (C=O) groups excluding carboxylic acids is 2. The maximum atomic E-state index is 12.8. The van der Waals surface area contributed by atoms with E-state index in [4.69, 9.17) is 27.8 Å². The zero-order valence-corrected chi connectivity index (χ0v) is 20.8. The molecule has 1 atom stereocenters. The van der Waals surface area contributed by atoms with E-state index in [1.165, 1.54) is 0 Å². The van der Waals surface area contributed by atoms with Gasteiger partial charge in [-0.25, -0.2) is 9.83 Å². The fourth-order valence-corrected chi connectivity index (χ4v) is 5.44. The van der Waals surface area contributed by atoms with Crippen molar-refractivity contribution in [1.29, 1.82) is 5.26 Å². The molecule has 2 aliphatic heterocycles. The number of nitrogens with two attached hydrogens (primary N) is 2. The van der Waals surface area contributed by atoms with Gasteiger partial charge in [0.1, 0.15) is 27.7 Å². The van der Waals surface area contributed by atoms with Crippen LogP contribution in [0.1, 0.15) is 28.9 Å². The minimum Gasteiger partial charge on any atom is -0.376 e. The molecule has 186 valence electrons. The number of thioether (sulfide) groups is 1. The summed E-state index contributed by atoms with van der Waals surface area (Å²) in [4.78, 5) is 37.3. The highest BCUT2D eigenvalue weighted by Crippen LogP contribution is 2.42. The summed E-state index contributed by atoms with van der Waals surface area (Å²) in [7, 11) is 0. The molecule has 2 amide bonds. The largest absolute Gasteiger partial charge is 0.376 e. The van der Waals surface area contributed by atoms with E-state index in [0.29, 0.717) is 60.3 Å². The van der Waals surface area contributed by atoms with Crippen molar-refractivity contribution in [2.75, 3.05) is 44.3 Å². The van der Waals surface area contributed by atoms with Gasteiger partial charge in [-0.2, -0.15) is 5.26 Å². The van der Waals surface area contributed by atoms with Crippen LogP contribution in [-0.4, -0.2) is 66.6 Å². The Balaban J connectivity index is 1.67.